The van der Waals surface area contributed by atoms with Gasteiger partial charge in [-0.05, 0) is 35.9 Å². The Bertz CT molecular complexity index is 765. The summed E-state index contributed by atoms with van der Waals surface area (Å²) in [6.45, 7) is 3.17. The number of rotatable bonds is 4. The van der Waals surface area contributed by atoms with Gasteiger partial charge in [0.15, 0.2) is 0 Å². The van der Waals surface area contributed by atoms with Crippen LogP contribution in [-0.2, 0) is 6.54 Å². The third-order valence-corrected chi connectivity index (χ3v) is 4.36. The Morgan fingerprint density at radius 3 is 2.43 bits per heavy atom. The quantitative estimate of drug-likeness (QED) is 0.735. The van der Waals surface area contributed by atoms with Crippen LogP contribution in [0.4, 0.5) is 0 Å². The average molecular weight is 301 g/mol. The van der Waals surface area contributed by atoms with E-state index in [0.717, 1.165) is 25.3 Å². The van der Waals surface area contributed by atoms with Crippen LogP contribution in [0.2, 0.25) is 0 Å². The van der Waals surface area contributed by atoms with Gasteiger partial charge in [-0.1, -0.05) is 30.3 Å². The molecule has 4 rings (SSSR count). The Kier molecular flexibility index (Phi) is 3.86. The smallest absolute Gasteiger partial charge is 0.0702 e. The molecule has 1 aromatic carbocycles. The lowest BCUT2D eigenvalue weighted by atomic mass is 9.95. The van der Waals surface area contributed by atoms with Gasteiger partial charge in [0.1, 0.15) is 0 Å². The molecular weight excluding hydrogens is 282 g/mol. The molecule has 1 aliphatic heterocycles. The molecule has 1 aliphatic rings. The molecule has 0 amide bonds. The van der Waals surface area contributed by atoms with Crippen molar-refractivity contribution in [2.75, 3.05) is 13.1 Å². The third kappa shape index (κ3) is 3.15. The van der Waals surface area contributed by atoms with Gasteiger partial charge >= 0.3 is 0 Å². The van der Waals surface area contributed by atoms with Crippen LogP contribution in [0, 0.1) is 0 Å². The first-order valence-corrected chi connectivity index (χ1v) is 8.02. The van der Waals surface area contributed by atoms with Crippen LogP contribution in [0.25, 0.3) is 11.3 Å². The number of pyridine rings is 2. The molecule has 0 radical (unpaired) electrons. The fourth-order valence-electron chi connectivity index (χ4n) is 3.12. The van der Waals surface area contributed by atoms with Crippen molar-refractivity contribution in [3.63, 3.8) is 0 Å². The summed E-state index contributed by atoms with van der Waals surface area (Å²) in [4.78, 5) is 11.4. The second-order valence-corrected chi connectivity index (χ2v) is 6.06. The Morgan fingerprint density at radius 2 is 1.70 bits per heavy atom. The number of benzene rings is 1. The van der Waals surface area contributed by atoms with Gasteiger partial charge in [0.25, 0.3) is 0 Å². The molecule has 3 heterocycles. The lowest BCUT2D eigenvalue weighted by Crippen LogP contribution is -2.44. The minimum absolute atomic E-state index is 0.579. The van der Waals surface area contributed by atoms with Crippen molar-refractivity contribution >= 4 is 0 Å². The molecular formula is C20H19N3. The van der Waals surface area contributed by atoms with Gasteiger partial charge in [0.05, 0.1) is 5.69 Å². The van der Waals surface area contributed by atoms with E-state index in [1.165, 1.54) is 16.8 Å². The maximum atomic E-state index is 4.46. The largest absolute Gasteiger partial charge is 0.298 e. The van der Waals surface area contributed by atoms with Crippen LogP contribution < -0.4 is 0 Å². The molecule has 3 aromatic rings. The standard InChI is InChI=1S/C20H19N3/c1-3-10-21-19(8-1)17-7-5-6-16(12-17)13-23-14-18(15-23)20-9-2-4-11-22-20/h1-12,18H,13-15H2. The molecule has 114 valence electrons. The summed E-state index contributed by atoms with van der Waals surface area (Å²) in [6.07, 6.45) is 3.73. The van der Waals surface area contributed by atoms with Crippen LogP contribution in [0.1, 0.15) is 17.2 Å². The van der Waals surface area contributed by atoms with E-state index >= 15 is 0 Å². The van der Waals surface area contributed by atoms with Crippen LogP contribution in [0.3, 0.4) is 0 Å². The maximum Gasteiger partial charge on any atom is 0.0702 e. The average Bonchev–Trinajstić information content (AvgIpc) is 2.59. The Balaban J connectivity index is 1.41. The molecule has 0 saturated carbocycles. The van der Waals surface area contributed by atoms with Gasteiger partial charge in [-0.3, -0.25) is 14.9 Å². The van der Waals surface area contributed by atoms with Crippen LogP contribution in [0.15, 0.2) is 73.1 Å². The van der Waals surface area contributed by atoms with Gasteiger partial charge < -0.3 is 0 Å². The van der Waals surface area contributed by atoms with Gasteiger partial charge in [-0.25, -0.2) is 0 Å². The summed E-state index contributed by atoms with van der Waals surface area (Å²) >= 11 is 0. The summed E-state index contributed by atoms with van der Waals surface area (Å²) in [5.74, 6) is 0.579. The van der Waals surface area contributed by atoms with Gasteiger partial charge in [-0.15, -0.1) is 0 Å². The highest BCUT2D eigenvalue weighted by Gasteiger charge is 2.28. The van der Waals surface area contributed by atoms with E-state index in [2.05, 4.69) is 57.3 Å². The minimum Gasteiger partial charge on any atom is -0.298 e. The van der Waals surface area contributed by atoms with Crippen molar-refractivity contribution < 1.29 is 0 Å². The molecule has 0 spiro atoms. The van der Waals surface area contributed by atoms with Crippen LogP contribution >= 0.6 is 0 Å². The first kappa shape index (κ1) is 14.1. The highest BCUT2D eigenvalue weighted by Crippen LogP contribution is 2.27. The summed E-state index contributed by atoms with van der Waals surface area (Å²) in [5.41, 5.74) is 4.77. The van der Waals surface area contributed by atoms with E-state index in [-0.39, 0.29) is 0 Å². The van der Waals surface area contributed by atoms with E-state index in [0.29, 0.717) is 5.92 Å². The Labute approximate surface area is 136 Å². The lowest BCUT2D eigenvalue weighted by molar-refractivity contribution is 0.137. The van der Waals surface area contributed by atoms with Crippen molar-refractivity contribution in [1.82, 2.24) is 14.9 Å². The fraction of sp³-hybridized carbons (Fsp3) is 0.200. The Morgan fingerprint density at radius 1 is 0.870 bits per heavy atom. The van der Waals surface area contributed by atoms with E-state index in [4.69, 9.17) is 0 Å². The van der Waals surface area contributed by atoms with Crippen molar-refractivity contribution in [3.8, 4) is 11.3 Å². The second-order valence-electron chi connectivity index (χ2n) is 6.06. The molecule has 3 nitrogen and oxygen atoms in total. The first-order chi connectivity index (χ1) is 11.4. The fourth-order valence-corrected chi connectivity index (χ4v) is 3.12. The molecule has 0 bridgehead atoms. The van der Waals surface area contributed by atoms with E-state index < -0.39 is 0 Å². The van der Waals surface area contributed by atoms with Crippen molar-refractivity contribution in [3.05, 3.63) is 84.3 Å². The highest BCUT2D eigenvalue weighted by molar-refractivity contribution is 5.59. The number of nitrogens with zero attached hydrogens (tertiary/aromatic N) is 3. The molecule has 0 N–H and O–H groups in total. The summed E-state index contributed by atoms with van der Waals surface area (Å²) in [7, 11) is 0. The minimum atomic E-state index is 0.579. The van der Waals surface area contributed by atoms with Crippen LogP contribution in [-0.4, -0.2) is 28.0 Å². The lowest BCUT2D eigenvalue weighted by Gasteiger charge is -2.39. The molecule has 23 heavy (non-hydrogen) atoms. The summed E-state index contributed by atoms with van der Waals surface area (Å²) < 4.78 is 0. The normalized spacial score (nSPS) is 15.3. The van der Waals surface area contributed by atoms with Crippen molar-refractivity contribution in [1.29, 1.82) is 0 Å². The maximum absolute atomic E-state index is 4.46. The molecule has 0 aliphatic carbocycles. The number of hydrogen-bond donors (Lipinski definition) is 0. The number of hydrogen-bond acceptors (Lipinski definition) is 3. The Hall–Kier alpha value is -2.52. The van der Waals surface area contributed by atoms with E-state index in [1.807, 2.05) is 30.6 Å². The van der Waals surface area contributed by atoms with Gasteiger partial charge in [0, 0.05) is 49.2 Å². The van der Waals surface area contributed by atoms with Crippen molar-refractivity contribution in [2.24, 2.45) is 0 Å². The predicted molar refractivity (Wildman–Crippen MR) is 91.9 cm³/mol. The molecule has 2 aromatic heterocycles. The zero-order chi connectivity index (χ0) is 15.5. The monoisotopic (exact) mass is 301 g/mol. The SMILES string of the molecule is c1ccc(-c2cccc(CN3CC(c4ccccn4)C3)c2)nc1. The van der Waals surface area contributed by atoms with E-state index in [1.54, 1.807) is 0 Å². The molecule has 0 unspecified atom stereocenters. The van der Waals surface area contributed by atoms with Gasteiger partial charge in [0.2, 0.25) is 0 Å². The predicted octanol–water partition coefficient (Wildman–Crippen LogP) is 3.74. The zero-order valence-corrected chi connectivity index (χ0v) is 13.0. The summed E-state index contributed by atoms with van der Waals surface area (Å²) in [6, 6.07) is 20.9. The topological polar surface area (TPSA) is 29.0 Å². The molecule has 1 fully saturated rings. The highest BCUT2D eigenvalue weighted by atomic mass is 15.2. The summed E-state index contributed by atoms with van der Waals surface area (Å²) in [5, 5.41) is 0. The zero-order valence-electron chi connectivity index (χ0n) is 13.0. The van der Waals surface area contributed by atoms with Crippen LogP contribution in [0.5, 0.6) is 0 Å². The van der Waals surface area contributed by atoms with Crippen molar-refractivity contribution in [2.45, 2.75) is 12.5 Å². The van der Waals surface area contributed by atoms with E-state index in [9.17, 15) is 0 Å². The second kappa shape index (κ2) is 6.31. The number of aromatic nitrogens is 2. The first-order valence-electron chi connectivity index (χ1n) is 8.02. The number of likely N-dealkylation sites (tertiary alicyclic amines) is 1. The molecule has 1 saturated heterocycles. The molecule has 0 atom stereocenters. The third-order valence-electron chi connectivity index (χ3n) is 4.36. The molecule has 3 heteroatoms. The van der Waals surface area contributed by atoms with Gasteiger partial charge in [-0.2, -0.15) is 0 Å².